The topological polar surface area (TPSA) is 101 Å². The van der Waals surface area contributed by atoms with Gasteiger partial charge in [0.2, 0.25) is 12.2 Å². The number of hydrazone groups is 2. The lowest BCUT2D eigenvalue weighted by molar-refractivity contribution is -0.134. The van der Waals surface area contributed by atoms with E-state index in [4.69, 9.17) is 11.6 Å². The Labute approximate surface area is 210 Å². The molecule has 1 aliphatic carbocycles. The van der Waals surface area contributed by atoms with E-state index in [-0.39, 0.29) is 17.6 Å². The highest BCUT2D eigenvalue weighted by atomic mass is 35.5. The van der Waals surface area contributed by atoms with Gasteiger partial charge in [0, 0.05) is 5.02 Å². The van der Waals surface area contributed by atoms with E-state index in [1.165, 1.54) is 5.01 Å². The Balaban J connectivity index is 1.23. The monoisotopic (exact) mass is 495 g/mol. The van der Waals surface area contributed by atoms with Crippen LogP contribution in [0.25, 0.3) is 17.2 Å². The van der Waals surface area contributed by atoms with Gasteiger partial charge in [0.25, 0.3) is 11.8 Å². The van der Waals surface area contributed by atoms with Crippen molar-refractivity contribution >= 4 is 41.2 Å². The SMILES string of the molecule is O=C1C(C=Cc2ccc(Cl)cc2)=NNC2N1N=C1NC(=O)C3(NN12)c1ccccc1-c1ccccc13. The highest BCUT2D eigenvalue weighted by Gasteiger charge is 2.57. The molecule has 3 aromatic rings. The van der Waals surface area contributed by atoms with E-state index in [2.05, 4.69) is 26.4 Å². The lowest BCUT2D eigenvalue weighted by Crippen LogP contribution is -2.73. The molecule has 176 valence electrons. The molecule has 4 aliphatic rings. The summed E-state index contributed by atoms with van der Waals surface area (Å²) < 4.78 is 0. The molecule has 10 heteroatoms. The largest absolute Gasteiger partial charge is 0.298 e. The Hall–Kier alpha value is -4.47. The van der Waals surface area contributed by atoms with Crippen molar-refractivity contribution < 1.29 is 9.59 Å². The zero-order valence-corrected chi connectivity index (χ0v) is 19.4. The number of rotatable bonds is 2. The first-order valence-corrected chi connectivity index (χ1v) is 11.7. The Morgan fingerprint density at radius 3 is 2.25 bits per heavy atom. The molecule has 1 fully saturated rings. The minimum absolute atomic E-state index is 0.183. The molecular weight excluding hydrogens is 478 g/mol. The summed E-state index contributed by atoms with van der Waals surface area (Å²) in [5.41, 5.74) is 9.88. The number of hydrazine groups is 1. The maximum atomic E-state index is 13.7. The fourth-order valence-electron chi connectivity index (χ4n) is 5.08. The number of guanidine groups is 1. The molecule has 1 atom stereocenters. The van der Waals surface area contributed by atoms with Crippen LogP contribution in [0, 0.1) is 0 Å². The van der Waals surface area contributed by atoms with Crippen LogP contribution in [-0.2, 0) is 15.1 Å². The predicted octanol–water partition coefficient (Wildman–Crippen LogP) is 2.57. The van der Waals surface area contributed by atoms with Crippen molar-refractivity contribution in [3.05, 3.63) is 101 Å². The van der Waals surface area contributed by atoms with Crippen LogP contribution in [0.15, 0.2) is 89.1 Å². The number of hydrogen-bond donors (Lipinski definition) is 3. The lowest BCUT2D eigenvalue weighted by Gasteiger charge is -2.43. The Kier molecular flexibility index (Phi) is 4.35. The zero-order valence-electron chi connectivity index (χ0n) is 18.6. The van der Waals surface area contributed by atoms with Crippen molar-refractivity contribution in [1.82, 2.24) is 26.2 Å². The number of nitrogens with zero attached hydrogens (tertiary/aromatic N) is 4. The van der Waals surface area contributed by atoms with Crippen LogP contribution in [0.1, 0.15) is 16.7 Å². The number of hydrogen-bond acceptors (Lipinski definition) is 7. The van der Waals surface area contributed by atoms with E-state index in [0.717, 1.165) is 27.8 Å². The molecule has 3 aromatic carbocycles. The molecule has 1 unspecified atom stereocenters. The molecule has 1 saturated heterocycles. The molecule has 0 aromatic heterocycles. The van der Waals surface area contributed by atoms with Crippen LogP contribution in [0.3, 0.4) is 0 Å². The molecule has 3 N–H and O–H groups in total. The molecule has 9 nitrogen and oxygen atoms in total. The number of halogens is 1. The smallest absolute Gasteiger partial charge is 0.291 e. The molecule has 0 radical (unpaired) electrons. The quantitative estimate of drug-likeness (QED) is 0.507. The fraction of sp³-hybridized carbons (Fsp3) is 0.0769. The lowest BCUT2D eigenvalue weighted by atomic mass is 9.86. The highest BCUT2D eigenvalue weighted by Crippen LogP contribution is 2.48. The number of benzene rings is 3. The van der Waals surface area contributed by atoms with E-state index in [1.54, 1.807) is 29.3 Å². The number of fused-ring (bicyclic) bond motifs is 8. The van der Waals surface area contributed by atoms with E-state index in [0.29, 0.717) is 5.02 Å². The van der Waals surface area contributed by atoms with E-state index in [9.17, 15) is 9.59 Å². The minimum atomic E-state index is -1.18. The summed E-state index contributed by atoms with van der Waals surface area (Å²) in [6.07, 6.45) is 2.63. The molecule has 3 heterocycles. The van der Waals surface area contributed by atoms with Gasteiger partial charge in [-0.05, 0) is 46.0 Å². The average Bonchev–Trinajstić information content (AvgIpc) is 3.40. The normalized spacial score (nSPS) is 20.9. The predicted molar refractivity (Wildman–Crippen MR) is 135 cm³/mol. The second-order valence-corrected chi connectivity index (χ2v) is 9.17. The van der Waals surface area contributed by atoms with Crippen molar-refractivity contribution in [2.24, 2.45) is 10.2 Å². The summed E-state index contributed by atoms with van der Waals surface area (Å²) in [4.78, 5) is 26.9. The summed E-state index contributed by atoms with van der Waals surface area (Å²) in [7, 11) is 0. The number of carbonyl (C=O) groups excluding carboxylic acids is 2. The van der Waals surface area contributed by atoms with Gasteiger partial charge in [0.15, 0.2) is 5.54 Å². The van der Waals surface area contributed by atoms with E-state index < -0.39 is 17.7 Å². The van der Waals surface area contributed by atoms with Gasteiger partial charge in [0.1, 0.15) is 5.71 Å². The summed E-state index contributed by atoms with van der Waals surface area (Å²) in [6, 6.07) is 22.8. The highest BCUT2D eigenvalue weighted by molar-refractivity contribution is 6.44. The van der Waals surface area contributed by atoms with Gasteiger partial charge in [-0.1, -0.05) is 78.3 Å². The van der Waals surface area contributed by atoms with Gasteiger partial charge in [-0.25, -0.2) is 10.4 Å². The zero-order chi connectivity index (χ0) is 24.4. The summed E-state index contributed by atoms with van der Waals surface area (Å²) >= 11 is 5.94. The maximum Gasteiger partial charge on any atom is 0.298 e. The Bertz CT molecular complexity index is 1500. The van der Waals surface area contributed by atoms with Crippen molar-refractivity contribution in [2.75, 3.05) is 0 Å². The van der Waals surface area contributed by atoms with Gasteiger partial charge in [-0.2, -0.15) is 10.1 Å². The van der Waals surface area contributed by atoms with Gasteiger partial charge < -0.3 is 0 Å². The first kappa shape index (κ1) is 20.9. The second-order valence-electron chi connectivity index (χ2n) is 8.74. The average molecular weight is 496 g/mol. The number of nitrogens with one attached hydrogen (secondary N) is 3. The van der Waals surface area contributed by atoms with Gasteiger partial charge in [0.05, 0.1) is 0 Å². The van der Waals surface area contributed by atoms with Crippen molar-refractivity contribution in [2.45, 2.75) is 11.8 Å². The van der Waals surface area contributed by atoms with Crippen molar-refractivity contribution in [1.29, 1.82) is 0 Å². The second kappa shape index (κ2) is 7.51. The van der Waals surface area contributed by atoms with Crippen LogP contribution in [0.5, 0.6) is 0 Å². The molecule has 7 rings (SSSR count). The summed E-state index contributed by atoms with van der Waals surface area (Å²) in [6.45, 7) is 0. The molecule has 1 spiro atoms. The maximum absolute atomic E-state index is 13.7. The first-order chi connectivity index (χ1) is 17.6. The van der Waals surface area contributed by atoms with Crippen LogP contribution >= 0.6 is 11.6 Å². The summed E-state index contributed by atoms with van der Waals surface area (Å²) in [5.74, 6) is -0.453. The summed E-state index contributed by atoms with van der Waals surface area (Å²) in [5, 5.41) is 15.1. The van der Waals surface area contributed by atoms with Gasteiger partial charge in [-0.15, -0.1) is 5.10 Å². The van der Waals surface area contributed by atoms with E-state index in [1.807, 2.05) is 60.7 Å². The van der Waals surface area contributed by atoms with Crippen molar-refractivity contribution in [3.8, 4) is 11.1 Å². The molecule has 0 saturated carbocycles. The molecule has 2 amide bonds. The third kappa shape index (κ3) is 2.81. The Morgan fingerprint density at radius 1 is 0.889 bits per heavy atom. The van der Waals surface area contributed by atoms with E-state index >= 15 is 0 Å². The standard InChI is InChI=1S/C26H18ClN7O2/c27-16-12-9-15(10-13-16)11-14-21-22(35)33-25(30-29-21)34-24(31-33)28-23(36)26(32-34)19-7-3-1-5-17(19)18-6-2-4-8-20(18)26/h1-14,25,30,32H,(H,28,31,36). The third-order valence-corrected chi connectivity index (χ3v) is 7.00. The number of carbonyl (C=O) groups is 2. The van der Waals surface area contributed by atoms with Gasteiger partial charge >= 0.3 is 0 Å². The fourth-order valence-corrected chi connectivity index (χ4v) is 5.20. The van der Waals surface area contributed by atoms with Crippen LogP contribution < -0.4 is 16.2 Å². The van der Waals surface area contributed by atoms with Crippen LogP contribution in [0.2, 0.25) is 5.02 Å². The first-order valence-electron chi connectivity index (χ1n) is 11.3. The Morgan fingerprint density at radius 2 is 1.56 bits per heavy atom. The third-order valence-electron chi connectivity index (χ3n) is 6.74. The van der Waals surface area contributed by atoms with Crippen LogP contribution in [-0.4, -0.2) is 39.8 Å². The molecule has 0 bridgehead atoms. The van der Waals surface area contributed by atoms with Crippen LogP contribution in [0.4, 0.5) is 0 Å². The minimum Gasteiger partial charge on any atom is -0.291 e. The van der Waals surface area contributed by atoms with Gasteiger partial charge in [-0.3, -0.25) is 20.3 Å². The van der Waals surface area contributed by atoms with Crippen molar-refractivity contribution in [3.63, 3.8) is 0 Å². The molecule has 36 heavy (non-hydrogen) atoms. The molecular formula is C26H18ClN7O2. The number of amides is 2. The molecule has 3 aliphatic heterocycles.